The van der Waals surface area contributed by atoms with E-state index in [2.05, 4.69) is 32.0 Å². The summed E-state index contributed by atoms with van der Waals surface area (Å²) in [5.41, 5.74) is 12.9. The van der Waals surface area contributed by atoms with E-state index in [1.165, 1.54) is 28.9 Å². The maximum Gasteiger partial charge on any atom is 0.292 e. The van der Waals surface area contributed by atoms with Crippen LogP contribution in [0.1, 0.15) is 34.2 Å². The minimum absolute atomic E-state index is 0.00416. The summed E-state index contributed by atoms with van der Waals surface area (Å²) in [4.78, 5) is 24.8. The lowest BCUT2D eigenvalue weighted by Gasteiger charge is -2.11. The zero-order valence-electron chi connectivity index (χ0n) is 16.1. The molecule has 1 aromatic heterocycles. The molecule has 3 aromatic rings. The van der Waals surface area contributed by atoms with Gasteiger partial charge in [0, 0.05) is 6.04 Å². The first-order chi connectivity index (χ1) is 14.5. The third-order valence-corrected chi connectivity index (χ3v) is 4.90. The van der Waals surface area contributed by atoms with Gasteiger partial charge in [0.25, 0.3) is 11.8 Å². The Bertz CT molecular complexity index is 1050. The number of nitrogens with zero attached hydrogens (tertiary/aromatic N) is 3. The van der Waals surface area contributed by atoms with E-state index in [1.54, 1.807) is 6.92 Å². The number of amides is 2. The molecule has 0 spiro atoms. The van der Waals surface area contributed by atoms with Crippen LogP contribution in [0.4, 0.5) is 4.39 Å². The highest BCUT2D eigenvalue weighted by molar-refractivity contribution is 5.95. The van der Waals surface area contributed by atoms with Crippen molar-refractivity contribution in [3.8, 4) is 5.69 Å². The second-order valence-electron chi connectivity index (χ2n) is 6.90. The summed E-state index contributed by atoms with van der Waals surface area (Å²) in [5.74, 6) is -1.35. The fourth-order valence-corrected chi connectivity index (χ4v) is 3.26. The highest BCUT2D eigenvalue weighted by Gasteiger charge is 2.30. The van der Waals surface area contributed by atoms with Crippen molar-refractivity contribution in [2.45, 2.75) is 25.4 Å². The van der Waals surface area contributed by atoms with Gasteiger partial charge in [-0.2, -0.15) is 0 Å². The van der Waals surface area contributed by atoms with Crippen LogP contribution in [0.5, 0.6) is 0 Å². The van der Waals surface area contributed by atoms with Crippen LogP contribution < -0.4 is 21.7 Å². The molecule has 1 saturated heterocycles. The minimum atomic E-state index is -0.597. The Labute approximate surface area is 171 Å². The molecule has 4 rings (SSSR count). The summed E-state index contributed by atoms with van der Waals surface area (Å²) >= 11 is 0. The summed E-state index contributed by atoms with van der Waals surface area (Å²) in [6.07, 6.45) is 0.533. The fourth-order valence-electron chi connectivity index (χ4n) is 3.26. The third-order valence-electron chi connectivity index (χ3n) is 4.90. The van der Waals surface area contributed by atoms with Crippen LogP contribution in [0, 0.1) is 12.7 Å². The molecule has 2 unspecified atom stereocenters. The molecule has 154 valence electrons. The number of rotatable bonds is 4. The van der Waals surface area contributed by atoms with Crippen LogP contribution in [0.3, 0.4) is 0 Å². The molecule has 2 amide bonds. The number of hydrogen-bond donors (Lipinski definition) is 4. The lowest BCUT2D eigenvalue weighted by Crippen LogP contribution is -2.50. The molecule has 4 N–H and O–H groups in total. The topological polar surface area (TPSA) is 113 Å². The van der Waals surface area contributed by atoms with E-state index in [0.29, 0.717) is 17.8 Å². The lowest BCUT2D eigenvalue weighted by atomic mass is 10.0. The van der Waals surface area contributed by atoms with Gasteiger partial charge in [0.05, 0.1) is 11.4 Å². The molecule has 2 aromatic carbocycles. The van der Waals surface area contributed by atoms with E-state index >= 15 is 0 Å². The zero-order valence-corrected chi connectivity index (χ0v) is 16.1. The van der Waals surface area contributed by atoms with Crippen LogP contribution in [-0.4, -0.2) is 32.9 Å². The van der Waals surface area contributed by atoms with E-state index in [-0.39, 0.29) is 23.5 Å². The summed E-state index contributed by atoms with van der Waals surface area (Å²) in [6, 6.07) is 14.9. The van der Waals surface area contributed by atoms with Crippen LogP contribution in [-0.2, 0) is 4.79 Å². The van der Waals surface area contributed by atoms with E-state index in [9.17, 15) is 14.0 Å². The highest BCUT2D eigenvalue weighted by Crippen LogP contribution is 2.21. The molecule has 0 saturated carbocycles. The second kappa shape index (κ2) is 8.39. The first-order valence-electron chi connectivity index (χ1n) is 9.37. The molecule has 1 aliphatic heterocycles. The van der Waals surface area contributed by atoms with Crippen LogP contribution in [0.2, 0.25) is 0 Å². The average Bonchev–Trinajstić information content (AvgIpc) is 3.40. The van der Waals surface area contributed by atoms with Crippen LogP contribution >= 0.6 is 0 Å². The van der Waals surface area contributed by atoms with E-state index < -0.39 is 11.9 Å². The van der Waals surface area contributed by atoms with Crippen molar-refractivity contribution in [2.75, 3.05) is 0 Å². The number of hydrazine groups is 2. The number of nitrogens with one attached hydrogen (secondary N) is 4. The summed E-state index contributed by atoms with van der Waals surface area (Å²) < 4.78 is 14.5. The largest absolute Gasteiger partial charge is 0.292 e. The number of halogens is 1. The van der Waals surface area contributed by atoms with Crippen LogP contribution in [0.25, 0.3) is 5.69 Å². The quantitative estimate of drug-likeness (QED) is 0.480. The number of benzene rings is 2. The Balaban J connectivity index is 1.35. The molecule has 2 atom stereocenters. The van der Waals surface area contributed by atoms with Gasteiger partial charge in [-0.15, -0.1) is 5.10 Å². The van der Waals surface area contributed by atoms with Crippen molar-refractivity contribution in [2.24, 2.45) is 0 Å². The monoisotopic (exact) mass is 409 g/mol. The molecule has 1 fully saturated rings. The van der Waals surface area contributed by atoms with Crippen molar-refractivity contribution >= 4 is 11.8 Å². The number of aromatic nitrogens is 3. The maximum atomic E-state index is 13.1. The molecule has 10 heteroatoms. The third kappa shape index (κ3) is 4.04. The standard InChI is InChI=1S/C20H20FN7O2/c1-12-18(24-27-28(12)15-9-7-14(21)8-10-15)20(30)26-25-19(29)17-11-16(22-23-17)13-5-3-2-4-6-13/h2-10,16-17,22-23H,11H2,1H3,(H,25,29)(H,26,30). The van der Waals surface area contributed by atoms with Gasteiger partial charge in [-0.05, 0) is 43.2 Å². The molecular weight excluding hydrogens is 389 g/mol. The normalized spacial score (nSPS) is 18.2. The maximum absolute atomic E-state index is 13.1. The van der Waals surface area contributed by atoms with Gasteiger partial charge < -0.3 is 0 Å². The van der Waals surface area contributed by atoms with Crippen molar-refractivity contribution in [1.82, 2.24) is 36.7 Å². The molecule has 1 aliphatic rings. The molecule has 0 aliphatic carbocycles. The Kier molecular flexibility index (Phi) is 5.50. The highest BCUT2D eigenvalue weighted by atomic mass is 19.1. The molecule has 9 nitrogen and oxygen atoms in total. The second-order valence-corrected chi connectivity index (χ2v) is 6.90. The van der Waals surface area contributed by atoms with Crippen molar-refractivity contribution in [3.05, 3.63) is 77.4 Å². The average molecular weight is 409 g/mol. The van der Waals surface area contributed by atoms with Crippen molar-refractivity contribution in [1.29, 1.82) is 0 Å². The summed E-state index contributed by atoms with van der Waals surface area (Å²) in [5, 5.41) is 7.80. The molecule has 0 radical (unpaired) electrons. The van der Waals surface area contributed by atoms with Gasteiger partial charge >= 0.3 is 0 Å². The molecule has 0 bridgehead atoms. The molecule has 2 heterocycles. The first-order valence-corrected chi connectivity index (χ1v) is 9.37. The summed E-state index contributed by atoms with van der Waals surface area (Å²) in [6.45, 7) is 1.66. The van der Waals surface area contributed by atoms with E-state index in [0.717, 1.165) is 5.56 Å². The van der Waals surface area contributed by atoms with Gasteiger partial charge in [0.15, 0.2) is 5.69 Å². The first kappa shape index (κ1) is 19.7. The number of carbonyl (C=O) groups excluding carboxylic acids is 2. The van der Waals surface area contributed by atoms with Gasteiger partial charge in [-0.1, -0.05) is 35.5 Å². The Morgan fingerprint density at radius 3 is 2.53 bits per heavy atom. The zero-order chi connectivity index (χ0) is 21.1. The lowest BCUT2D eigenvalue weighted by molar-refractivity contribution is -0.123. The predicted octanol–water partition coefficient (Wildman–Crippen LogP) is 1.08. The predicted molar refractivity (Wildman–Crippen MR) is 106 cm³/mol. The smallest absolute Gasteiger partial charge is 0.271 e. The Morgan fingerprint density at radius 2 is 1.80 bits per heavy atom. The van der Waals surface area contributed by atoms with Crippen molar-refractivity contribution < 1.29 is 14.0 Å². The van der Waals surface area contributed by atoms with E-state index in [4.69, 9.17) is 0 Å². The van der Waals surface area contributed by atoms with Gasteiger partial charge in [0.2, 0.25) is 0 Å². The van der Waals surface area contributed by atoms with Gasteiger partial charge in [-0.25, -0.2) is 19.9 Å². The molecular formula is C20H20FN7O2. The van der Waals surface area contributed by atoms with Crippen molar-refractivity contribution in [3.63, 3.8) is 0 Å². The van der Waals surface area contributed by atoms with Gasteiger partial charge in [0.1, 0.15) is 11.9 Å². The Morgan fingerprint density at radius 1 is 1.07 bits per heavy atom. The van der Waals surface area contributed by atoms with E-state index in [1.807, 2.05) is 30.3 Å². The summed E-state index contributed by atoms with van der Waals surface area (Å²) in [7, 11) is 0. The molecule has 30 heavy (non-hydrogen) atoms. The Hall–Kier alpha value is -3.63. The minimum Gasteiger partial charge on any atom is -0.271 e. The number of hydrogen-bond acceptors (Lipinski definition) is 6. The van der Waals surface area contributed by atoms with Crippen LogP contribution in [0.15, 0.2) is 54.6 Å². The van der Waals surface area contributed by atoms with Gasteiger partial charge in [-0.3, -0.25) is 20.4 Å². The fraction of sp³-hybridized carbons (Fsp3) is 0.200. The SMILES string of the molecule is Cc1c(C(=O)NNC(=O)C2CC(c3ccccc3)NN2)nnn1-c1ccc(F)cc1. The number of carbonyl (C=O) groups is 2.